The van der Waals surface area contributed by atoms with E-state index < -0.39 is 6.10 Å². The molecule has 5 atom stereocenters. The molecule has 4 rings (SSSR count). The molecule has 0 aromatic heterocycles. The van der Waals surface area contributed by atoms with Gasteiger partial charge >= 0.3 is 0 Å². The molecule has 4 aromatic carbocycles. The normalized spacial score (nSPS) is 14.7. The Morgan fingerprint density at radius 3 is 1.27 bits per heavy atom. The van der Waals surface area contributed by atoms with E-state index in [-0.39, 0.29) is 30.1 Å². The summed E-state index contributed by atoms with van der Waals surface area (Å²) in [6, 6.07) is 34.1. The first-order valence-corrected chi connectivity index (χ1v) is 16.1. The van der Waals surface area contributed by atoms with Gasteiger partial charge in [-0.3, -0.25) is 0 Å². The minimum absolute atomic E-state index is 0.0195. The van der Waals surface area contributed by atoms with Crippen LogP contribution in [0, 0.1) is 41.2 Å². The molecule has 0 aliphatic heterocycles. The first-order valence-electron chi connectivity index (χ1n) is 16.1. The Morgan fingerprint density at radius 2 is 0.909 bits per heavy atom. The smallest absolute Gasteiger partial charge is 0.123 e. The second-order valence-corrected chi connectivity index (χ2v) is 12.5. The van der Waals surface area contributed by atoms with Crippen molar-refractivity contribution < 1.29 is 19.0 Å². The summed E-state index contributed by atoms with van der Waals surface area (Å²) in [6.45, 7) is 8.67. The maximum atomic E-state index is 13.1. The van der Waals surface area contributed by atoms with Crippen LogP contribution in [0.4, 0.5) is 8.78 Å². The molecule has 0 spiro atoms. The number of rotatable bonds is 14. The molecule has 236 valence electrons. The summed E-state index contributed by atoms with van der Waals surface area (Å²) in [6.07, 6.45) is 4.14. The maximum Gasteiger partial charge on any atom is 0.123 e. The van der Waals surface area contributed by atoms with Crippen LogP contribution >= 0.6 is 0 Å². The molecule has 4 aromatic rings. The Labute approximate surface area is 263 Å². The van der Waals surface area contributed by atoms with Gasteiger partial charge in [-0.25, -0.2) is 8.78 Å². The van der Waals surface area contributed by atoms with Gasteiger partial charge in [-0.2, -0.15) is 0 Å². The van der Waals surface area contributed by atoms with Gasteiger partial charge in [0.1, 0.15) is 11.6 Å². The van der Waals surface area contributed by atoms with Crippen LogP contribution < -0.4 is 0 Å². The SMILES string of the molecule is CC[C@@H](Cc1ccccc1)[C@H](Cc1ccc(F)cc1)C(C)C.C[C@H](O)[C@@H](Cc1ccc(F)cc1)[C@@H](CO)Cc1ccccc1. The fraction of sp³-hybridized carbons (Fsp3) is 0.400. The molecule has 44 heavy (non-hydrogen) atoms. The first-order chi connectivity index (χ1) is 21.2. The first kappa shape index (κ1) is 35.1. The molecule has 0 bridgehead atoms. The Balaban J connectivity index is 0.000000240. The highest BCUT2D eigenvalue weighted by atomic mass is 19.1. The fourth-order valence-corrected chi connectivity index (χ4v) is 6.25. The monoisotopic (exact) mass is 600 g/mol. The van der Waals surface area contributed by atoms with Crippen molar-refractivity contribution in [1.82, 2.24) is 0 Å². The van der Waals surface area contributed by atoms with Crippen LogP contribution in [0.2, 0.25) is 0 Å². The lowest BCUT2D eigenvalue weighted by Crippen LogP contribution is -2.31. The van der Waals surface area contributed by atoms with Crippen LogP contribution in [0.1, 0.15) is 56.4 Å². The molecule has 0 unspecified atom stereocenters. The molecule has 0 aliphatic rings. The summed E-state index contributed by atoms with van der Waals surface area (Å²) in [5.41, 5.74) is 4.77. The molecule has 0 saturated heterocycles. The lowest BCUT2D eigenvalue weighted by Gasteiger charge is -2.30. The zero-order chi connectivity index (χ0) is 31.9. The van der Waals surface area contributed by atoms with Crippen LogP contribution in [0.25, 0.3) is 0 Å². The minimum Gasteiger partial charge on any atom is -0.396 e. The third-order valence-electron chi connectivity index (χ3n) is 8.90. The quantitative estimate of drug-likeness (QED) is 0.152. The van der Waals surface area contributed by atoms with Crippen LogP contribution in [0.5, 0.6) is 0 Å². The lowest BCUT2D eigenvalue weighted by atomic mass is 9.75. The summed E-state index contributed by atoms with van der Waals surface area (Å²) < 4.78 is 26.1. The van der Waals surface area contributed by atoms with E-state index in [1.807, 2.05) is 42.5 Å². The van der Waals surface area contributed by atoms with Crippen molar-refractivity contribution in [1.29, 1.82) is 0 Å². The van der Waals surface area contributed by atoms with Gasteiger partial charge in [0.2, 0.25) is 0 Å². The fourth-order valence-electron chi connectivity index (χ4n) is 6.25. The number of hydrogen-bond donors (Lipinski definition) is 2. The van der Waals surface area contributed by atoms with E-state index in [0.717, 1.165) is 24.0 Å². The minimum atomic E-state index is -0.536. The highest BCUT2D eigenvalue weighted by Gasteiger charge is 2.26. The average molecular weight is 601 g/mol. The molecule has 4 heteroatoms. The van der Waals surface area contributed by atoms with Crippen molar-refractivity contribution in [2.75, 3.05) is 6.61 Å². The van der Waals surface area contributed by atoms with E-state index in [0.29, 0.717) is 30.6 Å². The number of halogens is 2. The largest absolute Gasteiger partial charge is 0.396 e. The Hall–Kier alpha value is -3.34. The van der Waals surface area contributed by atoms with Gasteiger partial charge in [-0.15, -0.1) is 0 Å². The molecule has 0 fully saturated rings. The summed E-state index contributed by atoms with van der Waals surface area (Å²) in [5.74, 6) is 1.38. The maximum absolute atomic E-state index is 13.1. The molecule has 2 N–H and O–H groups in total. The highest BCUT2D eigenvalue weighted by molar-refractivity contribution is 5.20. The van der Waals surface area contributed by atoms with E-state index in [1.54, 1.807) is 31.2 Å². The molecule has 0 heterocycles. The van der Waals surface area contributed by atoms with Crippen LogP contribution in [-0.2, 0) is 25.7 Å². The Kier molecular flexibility index (Phi) is 14.7. The third kappa shape index (κ3) is 11.6. The summed E-state index contributed by atoms with van der Waals surface area (Å²) in [4.78, 5) is 0. The Morgan fingerprint density at radius 1 is 0.523 bits per heavy atom. The van der Waals surface area contributed by atoms with Crippen LogP contribution in [0.15, 0.2) is 109 Å². The molecule has 0 radical (unpaired) electrons. The third-order valence-corrected chi connectivity index (χ3v) is 8.90. The topological polar surface area (TPSA) is 40.5 Å². The standard InChI is InChI=1S/C21H27F.C19H23FO2/c1-4-19(14-17-8-6-5-7-9-17)21(16(2)3)15-18-10-12-20(22)13-11-18;1-14(22)19(12-16-7-9-18(20)10-8-16)17(13-21)11-15-5-3-2-4-6-15/h5-13,16,19,21H,4,14-15H2,1-3H3;2-10,14,17,19,21-22H,11-13H2,1H3/t19-,21+;14-,17+,19+/m00/s1. The number of benzene rings is 4. The van der Waals surface area contributed by atoms with Gasteiger partial charge in [0.15, 0.2) is 0 Å². The number of aliphatic hydroxyl groups is 2. The van der Waals surface area contributed by atoms with Gasteiger partial charge in [-0.1, -0.05) is 112 Å². The van der Waals surface area contributed by atoms with Crippen LogP contribution in [-0.4, -0.2) is 22.9 Å². The van der Waals surface area contributed by atoms with Crippen LogP contribution in [0.3, 0.4) is 0 Å². The van der Waals surface area contributed by atoms with Gasteiger partial charge in [0.25, 0.3) is 0 Å². The van der Waals surface area contributed by atoms with Gasteiger partial charge in [0, 0.05) is 6.61 Å². The summed E-state index contributed by atoms with van der Waals surface area (Å²) in [5, 5.41) is 19.9. The van der Waals surface area contributed by atoms with Crippen molar-refractivity contribution in [3.05, 3.63) is 143 Å². The molecule has 2 nitrogen and oxygen atoms in total. The molecule has 0 amide bonds. The predicted octanol–water partition coefficient (Wildman–Crippen LogP) is 9.13. The lowest BCUT2D eigenvalue weighted by molar-refractivity contribution is 0.0599. The van der Waals surface area contributed by atoms with Gasteiger partial charge in [-0.05, 0) is 109 Å². The highest BCUT2D eigenvalue weighted by Crippen LogP contribution is 2.31. The van der Waals surface area contributed by atoms with Gasteiger partial charge in [0.05, 0.1) is 6.10 Å². The predicted molar refractivity (Wildman–Crippen MR) is 178 cm³/mol. The second kappa shape index (κ2) is 18.5. The second-order valence-electron chi connectivity index (χ2n) is 12.5. The zero-order valence-electron chi connectivity index (χ0n) is 26.7. The van der Waals surface area contributed by atoms with Crippen molar-refractivity contribution in [3.8, 4) is 0 Å². The van der Waals surface area contributed by atoms with Crippen molar-refractivity contribution in [2.45, 2.75) is 65.9 Å². The van der Waals surface area contributed by atoms with E-state index in [2.05, 4.69) is 51.1 Å². The molecule has 0 saturated carbocycles. The van der Waals surface area contributed by atoms with E-state index in [4.69, 9.17) is 0 Å². The number of hydrogen-bond acceptors (Lipinski definition) is 2. The average Bonchev–Trinajstić information content (AvgIpc) is 3.03. The zero-order valence-corrected chi connectivity index (χ0v) is 26.7. The molecular formula is C40H50F2O2. The van der Waals surface area contributed by atoms with E-state index in [9.17, 15) is 19.0 Å². The van der Waals surface area contributed by atoms with Crippen molar-refractivity contribution in [2.24, 2.45) is 29.6 Å². The molecule has 0 aliphatic carbocycles. The summed E-state index contributed by atoms with van der Waals surface area (Å²) >= 11 is 0. The van der Waals surface area contributed by atoms with Crippen molar-refractivity contribution >= 4 is 0 Å². The van der Waals surface area contributed by atoms with Crippen molar-refractivity contribution in [3.63, 3.8) is 0 Å². The molecular weight excluding hydrogens is 550 g/mol. The van der Waals surface area contributed by atoms with Gasteiger partial charge < -0.3 is 10.2 Å². The number of aliphatic hydroxyl groups excluding tert-OH is 2. The van der Waals surface area contributed by atoms with E-state index >= 15 is 0 Å². The Bertz CT molecular complexity index is 1200. The summed E-state index contributed by atoms with van der Waals surface area (Å²) in [7, 11) is 0. The van der Waals surface area contributed by atoms with E-state index in [1.165, 1.54) is 29.7 Å².